The van der Waals surface area contributed by atoms with E-state index in [4.69, 9.17) is 9.84 Å². The minimum atomic E-state index is -0.827. The Hall–Kier alpha value is -1.35. The summed E-state index contributed by atoms with van der Waals surface area (Å²) in [5, 5.41) is 8.84. The minimum absolute atomic E-state index is 0.551. The lowest BCUT2D eigenvalue weighted by Crippen LogP contribution is -2.09. The van der Waals surface area contributed by atoms with Gasteiger partial charge < -0.3 is 9.84 Å². The summed E-state index contributed by atoms with van der Waals surface area (Å²) >= 11 is 0. The molecule has 0 aromatic heterocycles. The molecular weight excluding hydrogens is 156 g/mol. The summed E-state index contributed by atoms with van der Waals surface area (Å²) < 4.78 is 4.95. The summed E-state index contributed by atoms with van der Waals surface area (Å²) in [5.74, 6) is 0.551. The number of rotatable bonds is 3. The molecule has 3 nitrogen and oxygen atoms in total. The third-order valence-corrected chi connectivity index (χ3v) is 1.32. The number of carbonyl (C=O) groups is 1. The van der Waals surface area contributed by atoms with E-state index in [0.29, 0.717) is 11.3 Å². The Balaban J connectivity index is 2.71. The number of carbonyl (C=O) groups excluding carboxylic acids is 1. The van der Waals surface area contributed by atoms with Gasteiger partial charge in [-0.3, -0.25) is 4.79 Å². The molecule has 1 rings (SSSR count). The van der Waals surface area contributed by atoms with Crippen LogP contribution in [0.15, 0.2) is 24.3 Å². The maximum atomic E-state index is 10.2. The summed E-state index contributed by atoms with van der Waals surface area (Å²) in [7, 11) is 0. The number of aliphatic hydroxyl groups excluding tert-OH is 1. The first kappa shape index (κ1) is 8.74. The van der Waals surface area contributed by atoms with Crippen molar-refractivity contribution in [3.05, 3.63) is 29.8 Å². The molecule has 1 aromatic carbocycles. The highest BCUT2D eigenvalue weighted by Gasteiger charge is 1.97. The van der Waals surface area contributed by atoms with Crippen molar-refractivity contribution < 1.29 is 14.6 Å². The quantitative estimate of drug-likeness (QED) is 0.542. The van der Waals surface area contributed by atoms with Crippen molar-refractivity contribution >= 4 is 6.29 Å². The van der Waals surface area contributed by atoms with E-state index in [9.17, 15) is 4.79 Å². The van der Waals surface area contributed by atoms with Crippen molar-refractivity contribution in [3.8, 4) is 5.75 Å². The molecule has 0 amide bonds. The Labute approximate surface area is 70.6 Å². The Kier molecular flexibility index (Phi) is 2.82. The van der Waals surface area contributed by atoms with E-state index in [1.54, 1.807) is 24.3 Å². The first-order chi connectivity index (χ1) is 5.72. The fourth-order valence-electron chi connectivity index (χ4n) is 0.822. The van der Waals surface area contributed by atoms with Gasteiger partial charge in [-0.1, -0.05) is 0 Å². The van der Waals surface area contributed by atoms with Crippen molar-refractivity contribution in [3.63, 3.8) is 0 Å². The fourth-order valence-corrected chi connectivity index (χ4v) is 0.822. The normalized spacial score (nSPS) is 12.2. The molecule has 3 heteroatoms. The zero-order chi connectivity index (χ0) is 8.97. The molecule has 1 aromatic rings. The fraction of sp³-hybridized carbons (Fsp3) is 0.222. The van der Waals surface area contributed by atoms with Gasteiger partial charge in [-0.15, -0.1) is 0 Å². The molecular formula is C9H10O3. The topological polar surface area (TPSA) is 46.5 Å². The second kappa shape index (κ2) is 3.88. The maximum absolute atomic E-state index is 10.2. The molecule has 0 saturated heterocycles. The first-order valence-electron chi connectivity index (χ1n) is 3.62. The zero-order valence-electron chi connectivity index (χ0n) is 6.73. The highest BCUT2D eigenvalue weighted by atomic mass is 16.6. The van der Waals surface area contributed by atoms with E-state index in [0.717, 1.165) is 6.29 Å². The van der Waals surface area contributed by atoms with E-state index in [1.165, 1.54) is 6.92 Å². The van der Waals surface area contributed by atoms with E-state index in [-0.39, 0.29) is 0 Å². The van der Waals surface area contributed by atoms with E-state index in [2.05, 4.69) is 0 Å². The van der Waals surface area contributed by atoms with Crippen LogP contribution in [-0.4, -0.2) is 17.7 Å². The number of aliphatic hydroxyl groups is 1. The van der Waals surface area contributed by atoms with Crippen LogP contribution < -0.4 is 4.74 Å². The Morgan fingerprint density at radius 2 is 2.00 bits per heavy atom. The Morgan fingerprint density at radius 1 is 1.42 bits per heavy atom. The number of ether oxygens (including phenoxy) is 1. The summed E-state index contributed by atoms with van der Waals surface area (Å²) in [6.07, 6.45) is -0.0707. The van der Waals surface area contributed by atoms with Crippen LogP contribution in [0.2, 0.25) is 0 Å². The molecule has 0 fully saturated rings. The van der Waals surface area contributed by atoms with E-state index >= 15 is 0 Å². The number of hydrogen-bond donors (Lipinski definition) is 1. The van der Waals surface area contributed by atoms with Gasteiger partial charge in [-0.05, 0) is 31.2 Å². The first-order valence-corrected chi connectivity index (χ1v) is 3.62. The highest BCUT2D eigenvalue weighted by molar-refractivity contribution is 5.74. The molecule has 0 aliphatic rings. The van der Waals surface area contributed by atoms with Crippen LogP contribution in [0.3, 0.4) is 0 Å². The van der Waals surface area contributed by atoms with Gasteiger partial charge in [0.2, 0.25) is 0 Å². The molecule has 0 aliphatic heterocycles. The average molecular weight is 166 g/mol. The van der Waals surface area contributed by atoms with Crippen LogP contribution in [0.25, 0.3) is 0 Å². The van der Waals surface area contributed by atoms with Crippen molar-refractivity contribution in [2.45, 2.75) is 13.2 Å². The molecule has 12 heavy (non-hydrogen) atoms. The monoisotopic (exact) mass is 166 g/mol. The molecule has 0 heterocycles. The smallest absolute Gasteiger partial charge is 0.194 e. The van der Waals surface area contributed by atoms with Crippen LogP contribution in [0.5, 0.6) is 5.75 Å². The number of hydrogen-bond acceptors (Lipinski definition) is 3. The van der Waals surface area contributed by atoms with Gasteiger partial charge in [0.05, 0.1) is 0 Å². The molecule has 1 N–H and O–H groups in total. The zero-order valence-corrected chi connectivity index (χ0v) is 6.73. The van der Waals surface area contributed by atoms with Gasteiger partial charge in [0.25, 0.3) is 0 Å². The van der Waals surface area contributed by atoms with Crippen LogP contribution in [-0.2, 0) is 0 Å². The van der Waals surface area contributed by atoms with Gasteiger partial charge in [0.15, 0.2) is 6.29 Å². The summed E-state index contributed by atoms with van der Waals surface area (Å²) in [6.45, 7) is 1.52. The number of benzene rings is 1. The van der Waals surface area contributed by atoms with Gasteiger partial charge >= 0.3 is 0 Å². The predicted octanol–water partition coefficient (Wildman–Crippen LogP) is 1.22. The van der Waals surface area contributed by atoms with Gasteiger partial charge in [0.1, 0.15) is 12.0 Å². The van der Waals surface area contributed by atoms with Crippen LogP contribution in [0, 0.1) is 0 Å². The standard InChI is InChI=1S/C9H10O3/c1-7(11)12-9-4-2-8(6-10)3-5-9/h2-7,11H,1H3. The lowest BCUT2D eigenvalue weighted by atomic mass is 10.2. The molecule has 0 aliphatic carbocycles. The number of aldehydes is 1. The molecule has 64 valence electrons. The molecule has 0 radical (unpaired) electrons. The molecule has 1 atom stereocenters. The summed E-state index contributed by atoms with van der Waals surface area (Å²) in [5.41, 5.74) is 0.591. The predicted molar refractivity (Wildman–Crippen MR) is 44.1 cm³/mol. The van der Waals surface area contributed by atoms with Gasteiger partial charge in [0, 0.05) is 5.56 Å². The van der Waals surface area contributed by atoms with Gasteiger partial charge in [-0.2, -0.15) is 0 Å². The molecule has 0 bridgehead atoms. The highest BCUT2D eigenvalue weighted by Crippen LogP contribution is 2.11. The van der Waals surface area contributed by atoms with E-state index < -0.39 is 6.29 Å². The van der Waals surface area contributed by atoms with E-state index in [1.807, 2.05) is 0 Å². The van der Waals surface area contributed by atoms with Crippen molar-refractivity contribution in [2.24, 2.45) is 0 Å². The van der Waals surface area contributed by atoms with Crippen LogP contribution in [0.1, 0.15) is 17.3 Å². The second-order valence-electron chi connectivity index (χ2n) is 2.40. The van der Waals surface area contributed by atoms with Crippen molar-refractivity contribution in [2.75, 3.05) is 0 Å². The average Bonchev–Trinajstić information content (AvgIpc) is 2.05. The van der Waals surface area contributed by atoms with Crippen LogP contribution >= 0.6 is 0 Å². The molecule has 0 saturated carbocycles. The summed E-state index contributed by atoms with van der Waals surface area (Å²) in [4.78, 5) is 10.2. The van der Waals surface area contributed by atoms with Gasteiger partial charge in [-0.25, -0.2) is 0 Å². The van der Waals surface area contributed by atoms with Crippen molar-refractivity contribution in [1.82, 2.24) is 0 Å². The third-order valence-electron chi connectivity index (χ3n) is 1.32. The largest absolute Gasteiger partial charge is 0.465 e. The SMILES string of the molecule is CC(O)Oc1ccc(C=O)cc1. The second-order valence-corrected chi connectivity index (χ2v) is 2.40. The Morgan fingerprint density at radius 3 is 2.42 bits per heavy atom. The molecule has 1 unspecified atom stereocenters. The third kappa shape index (κ3) is 2.36. The minimum Gasteiger partial charge on any atom is -0.465 e. The maximum Gasteiger partial charge on any atom is 0.194 e. The van der Waals surface area contributed by atoms with Crippen LogP contribution in [0.4, 0.5) is 0 Å². The lowest BCUT2D eigenvalue weighted by molar-refractivity contribution is -0.000289. The lowest BCUT2D eigenvalue weighted by Gasteiger charge is -2.07. The van der Waals surface area contributed by atoms with Crippen molar-refractivity contribution in [1.29, 1.82) is 0 Å². The molecule has 0 spiro atoms. The Bertz CT molecular complexity index is 251. The summed E-state index contributed by atoms with van der Waals surface area (Å²) in [6, 6.07) is 6.53.